The predicted octanol–water partition coefficient (Wildman–Crippen LogP) is 2.51. The van der Waals surface area contributed by atoms with Crippen LogP contribution in [0.2, 0.25) is 0 Å². The maximum atomic E-state index is 6.39. The quantitative estimate of drug-likeness (QED) is 0.933. The Balaban J connectivity index is 2.10. The van der Waals surface area contributed by atoms with Crippen LogP contribution in [0.15, 0.2) is 22.7 Å². The number of benzene rings is 1. The molecule has 0 atom stereocenters. The van der Waals surface area contributed by atoms with Gasteiger partial charge in [-0.2, -0.15) is 0 Å². The van der Waals surface area contributed by atoms with Crippen molar-refractivity contribution in [3.05, 3.63) is 28.2 Å². The van der Waals surface area contributed by atoms with Gasteiger partial charge in [-0.15, -0.1) is 0 Å². The molecule has 1 aromatic rings. The lowest BCUT2D eigenvalue weighted by atomic mass is 9.85. The van der Waals surface area contributed by atoms with E-state index in [9.17, 15) is 0 Å². The lowest BCUT2D eigenvalue weighted by molar-refractivity contribution is 0.0533. The van der Waals surface area contributed by atoms with Gasteiger partial charge in [0.15, 0.2) is 0 Å². The lowest BCUT2D eigenvalue weighted by Gasteiger charge is -2.33. The van der Waals surface area contributed by atoms with E-state index in [1.54, 1.807) is 7.11 Å². The monoisotopic (exact) mass is 299 g/mol. The molecule has 2 N–H and O–H groups in total. The molecule has 1 heterocycles. The first-order valence-corrected chi connectivity index (χ1v) is 6.61. The van der Waals surface area contributed by atoms with E-state index in [-0.39, 0.29) is 5.54 Å². The van der Waals surface area contributed by atoms with Crippen LogP contribution >= 0.6 is 15.9 Å². The molecule has 0 aromatic heterocycles. The molecule has 2 rings (SSSR count). The van der Waals surface area contributed by atoms with Crippen molar-refractivity contribution in [3.8, 4) is 5.75 Å². The topological polar surface area (TPSA) is 44.5 Å². The van der Waals surface area contributed by atoms with Crippen molar-refractivity contribution in [2.45, 2.75) is 24.8 Å². The standard InChI is InChI=1S/C13H18BrNO2/c1-16-12-3-2-10(8-11(12)14)9-13(15)4-6-17-7-5-13/h2-3,8H,4-7,9,15H2,1H3. The summed E-state index contributed by atoms with van der Waals surface area (Å²) in [5.41, 5.74) is 7.50. The largest absolute Gasteiger partial charge is 0.496 e. The molecule has 0 radical (unpaired) electrons. The normalized spacial score (nSPS) is 19.0. The van der Waals surface area contributed by atoms with E-state index in [0.717, 1.165) is 42.7 Å². The predicted molar refractivity (Wildman–Crippen MR) is 71.4 cm³/mol. The smallest absolute Gasteiger partial charge is 0.133 e. The summed E-state index contributed by atoms with van der Waals surface area (Å²) in [6, 6.07) is 6.14. The van der Waals surface area contributed by atoms with Crippen LogP contribution in [0.25, 0.3) is 0 Å². The Labute approximate surface area is 110 Å². The second-order valence-electron chi connectivity index (χ2n) is 4.62. The van der Waals surface area contributed by atoms with E-state index >= 15 is 0 Å². The van der Waals surface area contributed by atoms with E-state index in [0.29, 0.717) is 0 Å². The van der Waals surface area contributed by atoms with Gasteiger partial charge < -0.3 is 15.2 Å². The van der Waals surface area contributed by atoms with Crippen LogP contribution < -0.4 is 10.5 Å². The minimum atomic E-state index is -0.119. The van der Waals surface area contributed by atoms with Crippen LogP contribution in [0.3, 0.4) is 0 Å². The van der Waals surface area contributed by atoms with Crippen molar-refractivity contribution in [2.24, 2.45) is 5.73 Å². The molecule has 1 fully saturated rings. The summed E-state index contributed by atoms with van der Waals surface area (Å²) < 4.78 is 11.6. The highest BCUT2D eigenvalue weighted by molar-refractivity contribution is 9.10. The number of nitrogens with two attached hydrogens (primary N) is 1. The third-order valence-corrected chi connectivity index (χ3v) is 3.88. The molecule has 94 valence electrons. The molecule has 1 aromatic carbocycles. The average molecular weight is 300 g/mol. The van der Waals surface area contributed by atoms with Crippen molar-refractivity contribution in [1.29, 1.82) is 0 Å². The Morgan fingerprint density at radius 3 is 2.71 bits per heavy atom. The Kier molecular flexibility index (Phi) is 4.07. The van der Waals surface area contributed by atoms with E-state index in [4.69, 9.17) is 15.2 Å². The Bertz CT molecular complexity index is 389. The van der Waals surface area contributed by atoms with Crippen LogP contribution in [-0.2, 0) is 11.2 Å². The van der Waals surface area contributed by atoms with E-state index in [1.165, 1.54) is 5.56 Å². The average Bonchev–Trinajstić information content (AvgIpc) is 2.29. The Hall–Kier alpha value is -0.580. The summed E-state index contributed by atoms with van der Waals surface area (Å²) in [6.07, 6.45) is 2.74. The summed E-state index contributed by atoms with van der Waals surface area (Å²) in [7, 11) is 1.67. The molecule has 0 spiro atoms. The van der Waals surface area contributed by atoms with Gasteiger partial charge >= 0.3 is 0 Å². The van der Waals surface area contributed by atoms with Crippen molar-refractivity contribution in [3.63, 3.8) is 0 Å². The van der Waals surface area contributed by atoms with Crippen LogP contribution in [-0.4, -0.2) is 25.9 Å². The van der Waals surface area contributed by atoms with Gasteiger partial charge in [0.25, 0.3) is 0 Å². The van der Waals surface area contributed by atoms with E-state index in [2.05, 4.69) is 28.1 Å². The van der Waals surface area contributed by atoms with Crippen molar-refractivity contribution >= 4 is 15.9 Å². The van der Waals surface area contributed by atoms with Gasteiger partial charge in [0.2, 0.25) is 0 Å². The van der Waals surface area contributed by atoms with Crippen molar-refractivity contribution < 1.29 is 9.47 Å². The fourth-order valence-corrected chi connectivity index (χ4v) is 2.77. The molecule has 0 bridgehead atoms. The van der Waals surface area contributed by atoms with Gasteiger partial charge in [0, 0.05) is 18.8 Å². The maximum absolute atomic E-state index is 6.39. The van der Waals surface area contributed by atoms with E-state index in [1.807, 2.05) is 6.07 Å². The zero-order chi connectivity index (χ0) is 12.3. The molecule has 3 nitrogen and oxygen atoms in total. The second kappa shape index (κ2) is 5.38. The van der Waals surface area contributed by atoms with Gasteiger partial charge in [-0.1, -0.05) is 6.07 Å². The number of rotatable bonds is 3. The van der Waals surface area contributed by atoms with Gasteiger partial charge in [-0.05, 0) is 52.9 Å². The van der Waals surface area contributed by atoms with Gasteiger partial charge in [0.05, 0.1) is 11.6 Å². The van der Waals surface area contributed by atoms with Crippen LogP contribution in [0.1, 0.15) is 18.4 Å². The van der Waals surface area contributed by atoms with Gasteiger partial charge in [-0.25, -0.2) is 0 Å². The zero-order valence-electron chi connectivity index (χ0n) is 10.0. The first-order valence-electron chi connectivity index (χ1n) is 5.82. The lowest BCUT2D eigenvalue weighted by Crippen LogP contribution is -2.46. The molecule has 4 heteroatoms. The molecule has 0 amide bonds. The van der Waals surface area contributed by atoms with Crippen LogP contribution in [0.5, 0.6) is 5.75 Å². The Morgan fingerprint density at radius 1 is 1.41 bits per heavy atom. The van der Waals surface area contributed by atoms with E-state index < -0.39 is 0 Å². The summed E-state index contributed by atoms with van der Waals surface area (Å²) >= 11 is 3.50. The third kappa shape index (κ3) is 3.21. The summed E-state index contributed by atoms with van der Waals surface area (Å²) in [5.74, 6) is 0.854. The summed E-state index contributed by atoms with van der Waals surface area (Å²) in [6.45, 7) is 1.54. The highest BCUT2D eigenvalue weighted by Gasteiger charge is 2.28. The number of hydrogen-bond acceptors (Lipinski definition) is 3. The number of ether oxygens (including phenoxy) is 2. The third-order valence-electron chi connectivity index (χ3n) is 3.26. The highest BCUT2D eigenvalue weighted by atomic mass is 79.9. The summed E-state index contributed by atoms with van der Waals surface area (Å²) in [4.78, 5) is 0. The SMILES string of the molecule is COc1ccc(CC2(N)CCOCC2)cc1Br. The molecule has 17 heavy (non-hydrogen) atoms. The van der Waals surface area contributed by atoms with Crippen LogP contribution in [0.4, 0.5) is 0 Å². The minimum Gasteiger partial charge on any atom is -0.496 e. The van der Waals surface area contributed by atoms with Crippen molar-refractivity contribution in [1.82, 2.24) is 0 Å². The Morgan fingerprint density at radius 2 is 2.12 bits per heavy atom. The fraction of sp³-hybridized carbons (Fsp3) is 0.538. The molecule has 0 aliphatic carbocycles. The highest BCUT2D eigenvalue weighted by Crippen LogP contribution is 2.29. The second-order valence-corrected chi connectivity index (χ2v) is 5.47. The van der Waals surface area contributed by atoms with Gasteiger partial charge in [-0.3, -0.25) is 0 Å². The molecule has 1 saturated heterocycles. The number of hydrogen-bond donors (Lipinski definition) is 1. The number of methoxy groups -OCH3 is 1. The van der Waals surface area contributed by atoms with Crippen molar-refractivity contribution in [2.75, 3.05) is 20.3 Å². The molecule has 0 unspecified atom stereocenters. The molecule has 0 saturated carbocycles. The molecule has 1 aliphatic rings. The first kappa shape index (κ1) is 12.9. The first-order chi connectivity index (χ1) is 8.13. The fourth-order valence-electron chi connectivity index (χ4n) is 2.18. The summed E-state index contributed by atoms with van der Waals surface area (Å²) in [5, 5.41) is 0. The number of halogens is 1. The van der Waals surface area contributed by atoms with Crippen LogP contribution in [0, 0.1) is 0 Å². The zero-order valence-corrected chi connectivity index (χ0v) is 11.6. The minimum absolute atomic E-state index is 0.119. The maximum Gasteiger partial charge on any atom is 0.133 e. The van der Waals surface area contributed by atoms with Gasteiger partial charge in [0.1, 0.15) is 5.75 Å². The molecular weight excluding hydrogens is 282 g/mol. The molecular formula is C13H18BrNO2. The molecule has 1 aliphatic heterocycles.